The van der Waals surface area contributed by atoms with Crippen LogP contribution < -0.4 is 4.74 Å². The molecule has 0 aliphatic heterocycles. The summed E-state index contributed by atoms with van der Waals surface area (Å²) in [5.41, 5.74) is -0.207. The minimum atomic E-state index is -1.25. The molecule has 0 aliphatic rings. The summed E-state index contributed by atoms with van der Waals surface area (Å²) < 4.78 is 5.26. The normalized spacial score (nSPS) is 10.2. The number of aromatic hydroxyl groups is 1. The lowest BCUT2D eigenvalue weighted by Gasteiger charge is -2.14. The smallest absolute Gasteiger partial charge is 0.339 e. The van der Waals surface area contributed by atoms with Crippen LogP contribution in [0.2, 0.25) is 0 Å². The molecule has 0 radical (unpaired) electrons. The molecule has 0 atom stereocenters. The third kappa shape index (κ3) is 2.50. The molecule has 1 aromatic carbocycles. The number of aromatic carboxylic acids is 1. The van der Waals surface area contributed by atoms with E-state index in [1.807, 2.05) is 0 Å². The average Bonchev–Trinajstić information content (AvgIpc) is 2.19. The lowest BCUT2D eigenvalue weighted by molar-refractivity contribution is 0.0690. The summed E-state index contributed by atoms with van der Waals surface area (Å²) in [7, 11) is 0. The third-order valence-electron chi connectivity index (χ3n) is 1.81. The minimum Gasteiger partial charge on any atom is -0.508 e. The number of hydrogen-bond acceptors (Lipinski definition) is 4. The molecule has 0 amide bonds. The van der Waals surface area contributed by atoms with Crippen LogP contribution in [-0.4, -0.2) is 28.6 Å². The molecular weight excluding hydrogens is 212 g/mol. The Morgan fingerprint density at radius 2 is 2.06 bits per heavy atom. The molecule has 0 bridgehead atoms. The Morgan fingerprint density at radius 3 is 2.50 bits per heavy atom. The average molecular weight is 224 g/mol. The highest BCUT2D eigenvalue weighted by atomic mass is 16.5. The highest BCUT2D eigenvalue weighted by Crippen LogP contribution is 2.28. The third-order valence-corrected chi connectivity index (χ3v) is 1.81. The van der Waals surface area contributed by atoms with Crippen LogP contribution in [-0.2, 0) is 0 Å². The van der Waals surface area contributed by atoms with Gasteiger partial charge in [-0.1, -0.05) is 0 Å². The summed E-state index contributed by atoms with van der Waals surface area (Å²) in [4.78, 5) is 21.7. The van der Waals surface area contributed by atoms with Gasteiger partial charge in [0.2, 0.25) is 0 Å². The lowest BCUT2D eigenvalue weighted by atomic mass is 10.1. The van der Waals surface area contributed by atoms with Crippen molar-refractivity contribution in [3.8, 4) is 11.5 Å². The summed E-state index contributed by atoms with van der Waals surface area (Å²) in [5, 5.41) is 18.2. The molecule has 0 heterocycles. The van der Waals surface area contributed by atoms with Gasteiger partial charge >= 0.3 is 5.97 Å². The second kappa shape index (κ2) is 4.65. The Morgan fingerprint density at radius 1 is 1.44 bits per heavy atom. The highest BCUT2D eigenvalue weighted by Gasteiger charge is 2.18. The molecule has 1 aromatic rings. The van der Waals surface area contributed by atoms with E-state index in [4.69, 9.17) is 9.84 Å². The van der Waals surface area contributed by atoms with E-state index in [9.17, 15) is 14.7 Å². The number of rotatable bonds is 4. The standard InChI is InChI=1S/C11H12O5/c1-6(2)16-10-7(5-12)3-8(13)4-9(10)11(14)15/h3-6,13H,1-2H3,(H,14,15). The van der Waals surface area contributed by atoms with Crippen LogP contribution in [0.3, 0.4) is 0 Å². The Labute approximate surface area is 92.3 Å². The first-order valence-corrected chi connectivity index (χ1v) is 4.67. The van der Waals surface area contributed by atoms with Crippen molar-refractivity contribution in [2.45, 2.75) is 20.0 Å². The summed E-state index contributed by atoms with van der Waals surface area (Å²) in [6.07, 6.45) is 0.186. The molecular formula is C11H12O5. The quantitative estimate of drug-likeness (QED) is 0.760. The number of hydrogen-bond donors (Lipinski definition) is 2. The summed E-state index contributed by atoms with van der Waals surface area (Å²) in [6.45, 7) is 3.43. The van der Waals surface area contributed by atoms with Crippen LogP contribution in [0.15, 0.2) is 12.1 Å². The highest BCUT2D eigenvalue weighted by molar-refractivity contribution is 5.96. The number of carbonyl (C=O) groups is 2. The Hall–Kier alpha value is -2.04. The largest absolute Gasteiger partial charge is 0.508 e. The second-order valence-electron chi connectivity index (χ2n) is 3.50. The Kier molecular flexibility index (Phi) is 3.50. The molecule has 0 aliphatic carbocycles. The summed E-state index contributed by atoms with van der Waals surface area (Å²) >= 11 is 0. The molecule has 2 N–H and O–H groups in total. The first-order valence-electron chi connectivity index (χ1n) is 4.67. The van der Waals surface area contributed by atoms with Gasteiger partial charge in [0.15, 0.2) is 6.29 Å². The van der Waals surface area contributed by atoms with Crippen molar-refractivity contribution in [2.24, 2.45) is 0 Å². The van der Waals surface area contributed by atoms with Gasteiger partial charge in [0.05, 0.1) is 11.7 Å². The second-order valence-corrected chi connectivity index (χ2v) is 3.50. The number of carboxylic acid groups (broad SMARTS) is 1. The monoisotopic (exact) mass is 224 g/mol. The Bertz CT molecular complexity index is 423. The summed E-state index contributed by atoms with van der Waals surface area (Å²) in [5.74, 6) is -1.56. The zero-order valence-electron chi connectivity index (χ0n) is 8.93. The molecule has 86 valence electrons. The molecule has 0 spiro atoms. The van der Waals surface area contributed by atoms with Crippen LogP contribution in [0.4, 0.5) is 0 Å². The topological polar surface area (TPSA) is 83.8 Å². The molecule has 1 rings (SSSR count). The van der Waals surface area contributed by atoms with E-state index < -0.39 is 5.97 Å². The van der Waals surface area contributed by atoms with E-state index in [0.717, 1.165) is 12.1 Å². The summed E-state index contributed by atoms with van der Waals surface area (Å²) in [6, 6.07) is 2.21. The van der Waals surface area contributed by atoms with E-state index in [-0.39, 0.29) is 28.7 Å². The minimum absolute atomic E-state index is 0.0182. The van der Waals surface area contributed by atoms with Crippen LogP contribution in [0.1, 0.15) is 34.6 Å². The number of aldehydes is 1. The number of phenols is 1. The molecule has 16 heavy (non-hydrogen) atoms. The van der Waals surface area contributed by atoms with E-state index in [1.165, 1.54) is 0 Å². The maximum atomic E-state index is 10.9. The fourth-order valence-electron chi connectivity index (χ4n) is 1.25. The number of carbonyl (C=O) groups excluding carboxylic acids is 1. The fourth-order valence-corrected chi connectivity index (χ4v) is 1.25. The van der Waals surface area contributed by atoms with Gasteiger partial charge in [-0.15, -0.1) is 0 Å². The van der Waals surface area contributed by atoms with Crippen molar-refractivity contribution in [2.75, 3.05) is 0 Å². The maximum Gasteiger partial charge on any atom is 0.339 e. The van der Waals surface area contributed by atoms with Crippen LogP contribution in [0.25, 0.3) is 0 Å². The van der Waals surface area contributed by atoms with Gasteiger partial charge in [-0.2, -0.15) is 0 Å². The van der Waals surface area contributed by atoms with Crippen LogP contribution in [0, 0.1) is 0 Å². The van der Waals surface area contributed by atoms with Crippen molar-refractivity contribution in [3.63, 3.8) is 0 Å². The van der Waals surface area contributed by atoms with Crippen molar-refractivity contribution in [3.05, 3.63) is 23.3 Å². The predicted molar refractivity (Wildman–Crippen MR) is 56.2 cm³/mol. The zero-order chi connectivity index (χ0) is 12.3. The molecule has 5 heteroatoms. The van der Waals surface area contributed by atoms with E-state index >= 15 is 0 Å². The van der Waals surface area contributed by atoms with Gasteiger partial charge in [0, 0.05) is 0 Å². The van der Waals surface area contributed by atoms with E-state index in [0.29, 0.717) is 6.29 Å². The van der Waals surface area contributed by atoms with Crippen molar-refractivity contribution < 1.29 is 24.5 Å². The van der Waals surface area contributed by atoms with Gasteiger partial charge in [-0.3, -0.25) is 4.79 Å². The first kappa shape index (κ1) is 12.0. The maximum absolute atomic E-state index is 10.9. The number of ether oxygens (including phenoxy) is 1. The first-order chi connectivity index (χ1) is 7.45. The van der Waals surface area contributed by atoms with Gasteiger partial charge in [0.1, 0.15) is 17.1 Å². The van der Waals surface area contributed by atoms with Crippen molar-refractivity contribution in [1.29, 1.82) is 0 Å². The molecule has 5 nitrogen and oxygen atoms in total. The lowest BCUT2D eigenvalue weighted by Crippen LogP contribution is -2.11. The van der Waals surface area contributed by atoms with Gasteiger partial charge in [0.25, 0.3) is 0 Å². The molecule has 0 saturated carbocycles. The van der Waals surface area contributed by atoms with Gasteiger partial charge < -0.3 is 14.9 Å². The van der Waals surface area contributed by atoms with E-state index in [2.05, 4.69) is 0 Å². The SMILES string of the molecule is CC(C)Oc1c(C=O)cc(O)cc1C(=O)O. The molecule has 0 unspecified atom stereocenters. The molecule has 0 aromatic heterocycles. The van der Waals surface area contributed by atoms with Crippen molar-refractivity contribution >= 4 is 12.3 Å². The van der Waals surface area contributed by atoms with E-state index in [1.54, 1.807) is 13.8 Å². The fraction of sp³-hybridized carbons (Fsp3) is 0.273. The van der Waals surface area contributed by atoms with Crippen LogP contribution >= 0.6 is 0 Å². The number of carboxylic acids is 1. The molecule has 0 fully saturated rings. The zero-order valence-corrected chi connectivity index (χ0v) is 8.93. The van der Waals surface area contributed by atoms with Crippen molar-refractivity contribution in [1.82, 2.24) is 0 Å². The van der Waals surface area contributed by atoms with Crippen LogP contribution in [0.5, 0.6) is 11.5 Å². The Balaban J connectivity index is 3.38. The van der Waals surface area contributed by atoms with Gasteiger partial charge in [-0.05, 0) is 26.0 Å². The number of phenolic OH excluding ortho intramolecular Hbond substituents is 1. The number of benzene rings is 1. The molecule has 0 saturated heterocycles. The predicted octanol–water partition coefficient (Wildman–Crippen LogP) is 1.69. The van der Waals surface area contributed by atoms with Gasteiger partial charge in [-0.25, -0.2) is 4.79 Å².